The maximum atomic E-state index is 15.1. The standard InChI is InChI=1S/C22H22F3N11O/c1-27-22(10-37-11-22)34-6-5-15(13(23)8-34)29-21-30-19(26)18-12(4-7-35(18)32-21)14-2-3-16-20(28-14)36(33-31-16)9-17(24)25/h2-4,7,13,15,17H,5-6,8-11H2,(H3,26,29,30,32)/t13-,15+/m1/s1. The molecule has 0 aliphatic carbocycles. The van der Waals surface area contributed by atoms with E-state index in [9.17, 15) is 8.78 Å². The molecule has 6 heterocycles. The van der Waals surface area contributed by atoms with Crippen molar-refractivity contribution in [3.63, 3.8) is 0 Å². The normalized spacial score (nSPS) is 21.8. The van der Waals surface area contributed by atoms with Crippen LogP contribution in [0, 0.1) is 6.57 Å². The monoisotopic (exact) mass is 513 g/mol. The Morgan fingerprint density at radius 1 is 1.27 bits per heavy atom. The van der Waals surface area contributed by atoms with Crippen LogP contribution in [0.5, 0.6) is 0 Å². The van der Waals surface area contributed by atoms with E-state index in [4.69, 9.17) is 17.0 Å². The summed E-state index contributed by atoms with van der Waals surface area (Å²) in [4.78, 5) is 14.3. The molecule has 0 bridgehead atoms. The zero-order valence-electron chi connectivity index (χ0n) is 19.4. The molecule has 15 heteroatoms. The van der Waals surface area contributed by atoms with Gasteiger partial charge in [0.25, 0.3) is 6.43 Å². The molecule has 0 saturated carbocycles. The fraction of sp³-hybridized carbons (Fsp3) is 0.455. The third-order valence-electron chi connectivity index (χ3n) is 6.80. The minimum atomic E-state index is -2.60. The van der Waals surface area contributed by atoms with Crippen molar-refractivity contribution in [1.29, 1.82) is 0 Å². The first kappa shape index (κ1) is 23.4. The van der Waals surface area contributed by atoms with Gasteiger partial charge in [0, 0.05) is 24.8 Å². The molecule has 2 saturated heterocycles. The van der Waals surface area contributed by atoms with Gasteiger partial charge >= 0.3 is 5.66 Å². The first-order valence-corrected chi connectivity index (χ1v) is 11.6. The van der Waals surface area contributed by atoms with Gasteiger partial charge in [-0.1, -0.05) is 5.21 Å². The van der Waals surface area contributed by atoms with Crippen LogP contribution >= 0.6 is 0 Å². The van der Waals surface area contributed by atoms with E-state index in [0.717, 1.165) is 4.68 Å². The summed E-state index contributed by atoms with van der Waals surface area (Å²) in [6.45, 7) is 8.08. The van der Waals surface area contributed by atoms with Crippen molar-refractivity contribution in [2.45, 2.75) is 37.3 Å². The molecule has 0 spiro atoms. The number of hydrogen-bond donors (Lipinski definition) is 2. The Morgan fingerprint density at radius 3 is 2.81 bits per heavy atom. The molecule has 0 unspecified atom stereocenters. The molecule has 2 fully saturated rings. The van der Waals surface area contributed by atoms with Crippen molar-refractivity contribution < 1.29 is 17.9 Å². The Hall–Kier alpha value is -4.03. The quantitative estimate of drug-likeness (QED) is 0.371. The predicted octanol–water partition coefficient (Wildman–Crippen LogP) is 1.85. The Morgan fingerprint density at radius 2 is 2.11 bits per heavy atom. The molecule has 192 valence electrons. The average Bonchev–Trinajstić information content (AvgIpc) is 3.44. The number of piperidine rings is 1. The Kier molecular flexibility index (Phi) is 5.57. The van der Waals surface area contributed by atoms with Crippen molar-refractivity contribution in [1.82, 2.24) is 39.5 Å². The lowest BCUT2D eigenvalue weighted by Crippen LogP contribution is -2.64. The summed E-state index contributed by atoms with van der Waals surface area (Å²) in [6.07, 6.45) is -1.71. The van der Waals surface area contributed by atoms with Gasteiger partial charge < -0.3 is 15.8 Å². The Balaban J connectivity index is 1.24. The van der Waals surface area contributed by atoms with Gasteiger partial charge in [0.2, 0.25) is 5.95 Å². The summed E-state index contributed by atoms with van der Waals surface area (Å²) in [5, 5.41) is 15.1. The maximum Gasteiger partial charge on any atom is 0.334 e. The first-order chi connectivity index (χ1) is 17.9. The number of halogens is 3. The SMILES string of the molecule is [C-]#[N+]C1(N2CC[C@H](Nc3nc(N)c4c(-c5ccc6nnn(CC(F)F)c6n5)ccn4n3)[C@H](F)C2)COC1. The fourth-order valence-electron chi connectivity index (χ4n) is 4.79. The van der Waals surface area contributed by atoms with E-state index in [1.54, 1.807) is 24.4 Å². The zero-order valence-corrected chi connectivity index (χ0v) is 19.4. The smallest absolute Gasteiger partial charge is 0.334 e. The van der Waals surface area contributed by atoms with Gasteiger partial charge in [0.1, 0.15) is 37.0 Å². The second-order valence-corrected chi connectivity index (χ2v) is 9.13. The number of hydrogen-bond acceptors (Lipinski definition) is 9. The highest BCUT2D eigenvalue weighted by Gasteiger charge is 2.53. The lowest BCUT2D eigenvalue weighted by molar-refractivity contribution is -0.127. The fourth-order valence-corrected chi connectivity index (χ4v) is 4.79. The number of nitrogens with zero attached hydrogens (tertiary/aromatic N) is 9. The van der Waals surface area contributed by atoms with Crippen molar-refractivity contribution in [2.24, 2.45) is 0 Å². The molecule has 37 heavy (non-hydrogen) atoms. The van der Waals surface area contributed by atoms with Gasteiger partial charge in [0.05, 0.1) is 11.7 Å². The van der Waals surface area contributed by atoms with Crippen LogP contribution in [0.15, 0.2) is 24.4 Å². The molecule has 2 aliphatic rings. The van der Waals surface area contributed by atoms with Gasteiger partial charge in [-0.15, -0.1) is 10.2 Å². The number of alkyl halides is 3. The zero-order chi connectivity index (χ0) is 25.7. The summed E-state index contributed by atoms with van der Waals surface area (Å²) in [5.74, 6) is 0.313. The molecule has 0 amide bonds. The molecule has 12 nitrogen and oxygen atoms in total. The lowest BCUT2D eigenvalue weighted by Gasteiger charge is -2.43. The average molecular weight is 513 g/mol. The van der Waals surface area contributed by atoms with Gasteiger partial charge in [-0.05, 0) is 24.6 Å². The third-order valence-corrected chi connectivity index (χ3v) is 6.80. The van der Waals surface area contributed by atoms with E-state index in [1.165, 1.54) is 4.52 Å². The highest BCUT2D eigenvalue weighted by Crippen LogP contribution is 2.32. The van der Waals surface area contributed by atoms with E-state index >= 15 is 4.39 Å². The number of pyridine rings is 1. The predicted molar refractivity (Wildman–Crippen MR) is 126 cm³/mol. The molecular weight excluding hydrogens is 491 g/mol. The largest absolute Gasteiger partial charge is 0.382 e. The second-order valence-electron chi connectivity index (χ2n) is 9.13. The summed E-state index contributed by atoms with van der Waals surface area (Å²) < 4.78 is 48.6. The maximum absolute atomic E-state index is 15.1. The number of nitrogens with two attached hydrogens (primary N) is 1. The molecule has 2 aliphatic heterocycles. The minimum Gasteiger partial charge on any atom is -0.382 e. The molecule has 6 rings (SSSR count). The summed E-state index contributed by atoms with van der Waals surface area (Å²) >= 11 is 0. The number of likely N-dealkylation sites (tertiary alicyclic amines) is 1. The van der Waals surface area contributed by atoms with Crippen molar-refractivity contribution in [3.8, 4) is 11.3 Å². The van der Waals surface area contributed by atoms with Crippen LogP contribution in [0.4, 0.5) is 24.9 Å². The summed E-state index contributed by atoms with van der Waals surface area (Å²) in [7, 11) is 0. The topological polar surface area (TPSA) is 129 Å². The molecule has 2 atom stereocenters. The number of nitrogen functional groups attached to an aromatic ring is 1. The van der Waals surface area contributed by atoms with Gasteiger partial charge in [-0.2, -0.15) is 4.98 Å². The van der Waals surface area contributed by atoms with Crippen molar-refractivity contribution in [2.75, 3.05) is 37.4 Å². The summed E-state index contributed by atoms with van der Waals surface area (Å²) in [5.41, 5.74) is 7.66. The number of nitrogens with one attached hydrogen (secondary N) is 1. The van der Waals surface area contributed by atoms with Crippen molar-refractivity contribution in [3.05, 3.63) is 35.8 Å². The number of rotatable bonds is 6. The molecular formula is C22H22F3N11O. The van der Waals surface area contributed by atoms with Crippen LogP contribution in [0.2, 0.25) is 0 Å². The van der Waals surface area contributed by atoms with E-state index in [1.807, 2.05) is 4.90 Å². The van der Waals surface area contributed by atoms with E-state index in [-0.39, 0.29) is 24.0 Å². The first-order valence-electron chi connectivity index (χ1n) is 11.6. The van der Waals surface area contributed by atoms with Crippen LogP contribution in [0.25, 0.3) is 32.8 Å². The minimum absolute atomic E-state index is 0.111. The molecule has 0 radical (unpaired) electrons. The Bertz CT molecular complexity index is 1510. The third kappa shape index (κ3) is 3.98. The van der Waals surface area contributed by atoms with Crippen molar-refractivity contribution >= 4 is 28.4 Å². The van der Waals surface area contributed by atoms with E-state index in [0.29, 0.717) is 48.5 Å². The lowest BCUT2D eigenvalue weighted by atomic mass is 9.97. The highest BCUT2D eigenvalue weighted by molar-refractivity contribution is 5.88. The Labute approximate surface area is 208 Å². The van der Waals surface area contributed by atoms with Crippen LogP contribution in [0.3, 0.4) is 0 Å². The number of anilines is 2. The van der Waals surface area contributed by atoms with Gasteiger partial charge in [-0.3, -0.25) is 4.85 Å². The van der Waals surface area contributed by atoms with Crippen LogP contribution < -0.4 is 11.1 Å². The number of aromatic nitrogens is 7. The molecule has 4 aromatic heterocycles. The summed E-state index contributed by atoms with van der Waals surface area (Å²) in [6, 6.07) is 4.53. The van der Waals surface area contributed by atoms with Gasteiger partial charge in [-0.25, -0.2) is 38.8 Å². The molecule has 0 aromatic carbocycles. The van der Waals surface area contributed by atoms with Crippen LogP contribution in [-0.4, -0.2) is 90.1 Å². The highest BCUT2D eigenvalue weighted by atomic mass is 19.3. The van der Waals surface area contributed by atoms with E-state index < -0.39 is 30.8 Å². The van der Waals surface area contributed by atoms with E-state index in [2.05, 4.69) is 35.5 Å². The molecule has 3 N–H and O–H groups in total. The van der Waals surface area contributed by atoms with Gasteiger partial charge in [0.15, 0.2) is 11.5 Å². The number of fused-ring (bicyclic) bond motifs is 2. The van der Waals surface area contributed by atoms with Crippen LogP contribution in [0.1, 0.15) is 6.42 Å². The number of ether oxygens (including phenoxy) is 1. The van der Waals surface area contributed by atoms with Crippen LogP contribution in [-0.2, 0) is 11.3 Å². The molecule has 4 aromatic rings. The second kappa shape index (κ2) is 8.82.